The van der Waals surface area contributed by atoms with Crippen LogP contribution < -0.4 is 0 Å². The van der Waals surface area contributed by atoms with Crippen molar-refractivity contribution in [2.24, 2.45) is 0 Å². The quantitative estimate of drug-likeness (QED) is 0.717. The standard InChI is InChI=1S/C16H13NO4S2/c18-13(10-15-17-12-8-4-5-9-14(12)22-15)16(23(19,20)21)11-6-2-1-3-7-11/h1-9,16H,10H2,(H,19,20,21). The van der Waals surface area contributed by atoms with E-state index in [9.17, 15) is 17.8 Å². The lowest BCUT2D eigenvalue weighted by molar-refractivity contribution is -0.118. The summed E-state index contributed by atoms with van der Waals surface area (Å²) in [5.41, 5.74) is 1.02. The molecule has 2 aromatic carbocycles. The fraction of sp³-hybridized carbons (Fsp3) is 0.125. The van der Waals surface area contributed by atoms with Crippen LogP contribution in [-0.4, -0.2) is 23.7 Å². The number of carbonyl (C=O) groups excluding carboxylic acids is 1. The van der Waals surface area contributed by atoms with Gasteiger partial charge < -0.3 is 0 Å². The van der Waals surface area contributed by atoms with Crippen molar-refractivity contribution in [2.45, 2.75) is 11.7 Å². The molecule has 1 N–H and O–H groups in total. The summed E-state index contributed by atoms with van der Waals surface area (Å²) in [5.74, 6) is -0.599. The van der Waals surface area contributed by atoms with E-state index < -0.39 is 21.2 Å². The maximum atomic E-state index is 12.5. The molecule has 0 aliphatic rings. The van der Waals surface area contributed by atoms with Gasteiger partial charge >= 0.3 is 0 Å². The summed E-state index contributed by atoms with van der Waals surface area (Å²) in [6, 6.07) is 15.4. The van der Waals surface area contributed by atoms with E-state index >= 15 is 0 Å². The van der Waals surface area contributed by atoms with E-state index in [4.69, 9.17) is 0 Å². The normalized spacial score (nSPS) is 13.1. The molecule has 0 fully saturated rings. The van der Waals surface area contributed by atoms with Crippen molar-refractivity contribution in [3.05, 3.63) is 65.2 Å². The summed E-state index contributed by atoms with van der Waals surface area (Å²) >= 11 is 1.34. The number of hydrogen-bond acceptors (Lipinski definition) is 5. The highest BCUT2D eigenvalue weighted by Gasteiger charge is 2.32. The van der Waals surface area contributed by atoms with Gasteiger partial charge in [0.25, 0.3) is 10.1 Å². The van der Waals surface area contributed by atoms with E-state index in [-0.39, 0.29) is 12.0 Å². The molecule has 23 heavy (non-hydrogen) atoms. The molecule has 0 saturated heterocycles. The maximum absolute atomic E-state index is 12.5. The minimum Gasteiger partial charge on any atom is -0.297 e. The molecule has 0 aliphatic carbocycles. The number of nitrogens with zero attached hydrogens (tertiary/aromatic N) is 1. The topological polar surface area (TPSA) is 84.3 Å². The number of para-hydroxylation sites is 1. The monoisotopic (exact) mass is 347 g/mol. The number of benzene rings is 2. The molecule has 0 aliphatic heterocycles. The van der Waals surface area contributed by atoms with Crippen LogP contribution in [0.2, 0.25) is 0 Å². The van der Waals surface area contributed by atoms with Gasteiger partial charge in [-0.25, -0.2) is 4.98 Å². The summed E-state index contributed by atoms with van der Waals surface area (Å²) < 4.78 is 33.7. The first-order chi connectivity index (χ1) is 10.9. The summed E-state index contributed by atoms with van der Waals surface area (Å²) in [6.45, 7) is 0. The van der Waals surface area contributed by atoms with Gasteiger partial charge in [-0.3, -0.25) is 9.35 Å². The van der Waals surface area contributed by atoms with Gasteiger partial charge in [0, 0.05) is 0 Å². The molecule has 7 heteroatoms. The average Bonchev–Trinajstić information content (AvgIpc) is 2.89. The lowest BCUT2D eigenvalue weighted by atomic mass is 10.1. The van der Waals surface area contributed by atoms with E-state index in [0.717, 1.165) is 10.2 Å². The van der Waals surface area contributed by atoms with Crippen LogP contribution >= 0.6 is 11.3 Å². The van der Waals surface area contributed by atoms with Crippen molar-refractivity contribution in [2.75, 3.05) is 0 Å². The average molecular weight is 347 g/mol. The van der Waals surface area contributed by atoms with Crippen LogP contribution in [-0.2, 0) is 21.3 Å². The zero-order valence-corrected chi connectivity index (χ0v) is 13.5. The molecule has 3 aromatic rings. The number of carbonyl (C=O) groups is 1. The summed E-state index contributed by atoms with van der Waals surface area (Å²) in [7, 11) is -4.54. The van der Waals surface area contributed by atoms with Gasteiger partial charge in [-0.2, -0.15) is 8.42 Å². The molecule has 1 heterocycles. The summed E-state index contributed by atoms with van der Waals surface area (Å²) in [4.78, 5) is 16.8. The second kappa shape index (κ2) is 6.19. The molecule has 0 radical (unpaired) electrons. The van der Waals surface area contributed by atoms with E-state index in [1.54, 1.807) is 18.2 Å². The number of fused-ring (bicyclic) bond motifs is 1. The Kier molecular flexibility index (Phi) is 4.25. The van der Waals surface area contributed by atoms with Crippen molar-refractivity contribution in [3.63, 3.8) is 0 Å². The van der Waals surface area contributed by atoms with Crippen molar-refractivity contribution in [3.8, 4) is 0 Å². The Morgan fingerprint density at radius 1 is 1.09 bits per heavy atom. The Morgan fingerprint density at radius 2 is 1.74 bits per heavy atom. The third-order valence-electron chi connectivity index (χ3n) is 3.36. The molecular weight excluding hydrogens is 334 g/mol. The largest absolute Gasteiger partial charge is 0.297 e. The van der Waals surface area contributed by atoms with Crippen molar-refractivity contribution < 1.29 is 17.8 Å². The molecule has 0 bridgehead atoms. The molecule has 1 aromatic heterocycles. The first-order valence-electron chi connectivity index (χ1n) is 6.83. The number of Topliss-reactive ketones (excluding diaryl/α,β-unsaturated/α-hetero) is 1. The third kappa shape index (κ3) is 3.47. The number of thiazole rings is 1. The second-order valence-corrected chi connectivity index (χ2v) is 7.64. The third-order valence-corrected chi connectivity index (χ3v) is 5.52. The fourth-order valence-corrected chi connectivity index (χ4v) is 4.28. The first-order valence-corrected chi connectivity index (χ1v) is 9.15. The first kappa shape index (κ1) is 15.8. The van der Waals surface area contributed by atoms with E-state index in [2.05, 4.69) is 4.98 Å². The molecule has 3 rings (SSSR count). The maximum Gasteiger partial charge on any atom is 0.279 e. The molecule has 0 spiro atoms. The lowest BCUT2D eigenvalue weighted by Crippen LogP contribution is -2.23. The van der Waals surface area contributed by atoms with Gasteiger partial charge in [0.05, 0.1) is 16.6 Å². The van der Waals surface area contributed by atoms with Gasteiger partial charge in [-0.15, -0.1) is 11.3 Å². The predicted molar refractivity (Wildman–Crippen MR) is 89.1 cm³/mol. The van der Waals surface area contributed by atoms with Crippen LogP contribution in [0.5, 0.6) is 0 Å². The SMILES string of the molecule is O=C(Cc1nc2ccccc2s1)C(c1ccccc1)S(=O)(=O)O. The molecular formula is C16H13NO4S2. The highest BCUT2D eigenvalue weighted by Crippen LogP contribution is 2.27. The second-order valence-electron chi connectivity index (χ2n) is 5.02. The molecule has 1 atom stereocenters. The van der Waals surface area contributed by atoms with Gasteiger partial charge in [0.15, 0.2) is 11.0 Å². The Bertz CT molecular complexity index is 915. The van der Waals surface area contributed by atoms with Crippen LogP contribution in [0.4, 0.5) is 0 Å². The molecule has 0 saturated carbocycles. The van der Waals surface area contributed by atoms with Crippen LogP contribution in [0.1, 0.15) is 15.8 Å². The summed E-state index contributed by atoms with van der Waals surface area (Å²) in [5, 5.41) is -1.06. The van der Waals surface area contributed by atoms with Crippen molar-refractivity contribution in [1.82, 2.24) is 4.98 Å². The van der Waals surface area contributed by atoms with Crippen LogP contribution in [0, 0.1) is 0 Å². The predicted octanol–water partition coefficient (Wildman–Crippen LogP) is 3.04. The zero-order chi connectivity index (χ0) is 16.4. The van der Waals surface area contributed by atoms with Gasteiger partial charge in [0.1, 0.15) is 5.01 Å². The van der Waals surface area contributed by atoms with E-state index in [1.165, 1.54) is 23.5 Å². The van der Waals surface area contributed by atoms with Gasteiger partial charge in [-0.1, -0.05) is 42.5 Å². The Balaban J connectivity index is 1.92. The Hall–Kier alpha value is -2.09. The van der Waals surface area contributed by atoms with Gasteiger partial charge in [-0.05, 0) is 17.7 Å². The minimum atomic E-state index is -4.54. The fourth-order valence-electron chi connectivity index (χ4n) is 2.39. The Labute approximate surface area is 137 Å². The highest BCUT2D eigenvalue weighted by molar-refractivity contribution is 7.86. The van der Waals surface area contributed by atoms with E-state index in [1.807, 2.05) is 24.3 Å². The van der Waals surface area contributed by atoms with Crippen LogP contribution in [0.25, 0.3) is 10.2 Å². The summed E-state index contributed by atoms with van der Waals surface area (Å²) in [6.07, 6.45) is -0.140. The Morgan fingerprint density at radius 3 is 2.39 bits per heavy atom. The van der Waals surface area contributed by atoms with Crippen LogP contribution in [0.15, 0.2) is 54.6 Å². The smallest absolute Gasteiger partial charge is 0.279 e. The van der Waals surface area contributed by atoms with E-state index in [0.29, 0.717) is 5.01 Å². The van der Waals surface area contributed by atoms with Gasteiger partial charge in [0.2, 0.25) is 0 Å². The molecule has 118 valence electrons. The van der Waals surface area contributed by atoms with Crippen molar-refractivity contribution >= 4 is 37.5 Å². The zero-order valence-electron chi connectivity index (χ0n) is 11.9. The highest BCUT2D eigenvalue weighted by atomic mass is 32.2. The minimum absolute atomic E-state index is 0.140. The molecule has 0 amide bonds. The number of ketones is 1. The number of hydrogen-bond donors (Lipinski definition) is 1. The van der Waals surface area contributed by atoms with Crippen LogP contribution in [0.3, 0.4) is 0 Å². The number of aromatic nitrogens is 1. The number of rotatable bonds is 5. The van der Waals surface area contributed by atoms with Crippen molar-refractivity contribution in [1.29, 1.82) is 0 Å². The molecule has 1 unspecified atom stereocenters. The lowest BCUT2D eigenvalue weighted by Gasteiger charge is -2.12. The molecule has 5 nitrogen and oxygen atoms in total.